The molecule has 2 unspecified atom stereocenters. The number of rotatable bonds is 6. The van der Waals surface area contributed by atoms with Gasteiger partial charge in [-0.2, -0.15) is 0 Å². The fourth-order valence-electron chi connectivity index (χ4n) is 4.22. The van der Waals surface area contributed by atoms with Crippen LogP contribution in [0.5, 0.6) is 5.75 Å². The predicted octanol–water partition coefficient (Wildman–Crippen LogP) is 4.86. The topological polar surface area (TPSA) is 70.7 Å². The second-order valence-corrected chi connectivity index (χ2v) is 11.4. The van der Waals surface area contributed by atoms with Gasteiger partial charge in [-0.3, -0.25) is 4.72 Å². The summed E-state index contributed by atoms with van der Waals surface area (Å²) in [5.41, 5.74) is 2.89. The van der Waals surface area contributed by atoms with E-state index in [0.29, 0.717) is 23.5 Å². The molecule has 176 valence electrons. The molecule has 3 aromatic rings. The Hall–Kier alpha value is -2.62. The number of thiophene rings is 1. The first-order valence-corrected chi connectivity index (χ1v) is 13.0. The van der Waals surface area contributed by atoms with Crippen LogP contribution in [0.15, 0.2) is 52.7 Å². The average molecular weight is 490 g/mol. The SMILES string of the molecule is COc1ccc(N2CC(C)NC(C)C2)cc1NS(=O)(=O)c1ccc(-c2ccc(F)cc2C)s1. The second-order valence-electron chi connectivity index (χ2n) is 8.44. The molecule has 0 saturated carbocycles. The van der Waals surface area contributed by atoms with E-state index in [2.05, 4.69) is 28.8 Å². The Bertz CT molecular complexity index is 1250. The van der Waals surface area contributed by atoms with E-state index in [9.17, 15) is 12.8 Å². The molecule has 2 N–H and O–H groups in total. The minimum absolute atomic E-state index is 0.179. The fraction of sp³-hybridized carbons (Fsp3) is 0.333. The van der Waals surface area contributed by atoms with Crippen molar-refractivity contribution < 1.29 is 17.5 Å². The van der Waals surface area contributed by atoms with Crippen LogP contribution in [0.3, 0.4) is 0 Å². The number of benzene rings is 2. The maximum atomic E-state index is 13.5. The lowest BCUT2D eigenvalue weighted by atomic mass is 10.1. The predicted molar refractivity (Wildman–Crippen MR) is 133 cm³/mol. The molecule has 0 amide bonds. The molecule has 2 aromatic carbocycles. The van der Waals surface area contributed by atoms with E-state index in [4.69, 9.17) is 4.74 Å². The zero-order valence-corrected chi connectivity index (χ0v) is 20.7. The van der Waals surface area contributed by atoms with Gasteiger partial charge in [0.05, 0.1) is 12.8 Å². The molecule has 0 aliphatic carbocycles. The molecule has 1 aromatic heterocycles. The van der Waals surface area contributed by atoms with Crippen LogP contribution in [0.4, 0.5) is 15.8 Å². The minimum Gasteiger partial charge on any atom is -0.495 e. The van der Waals surface area contributed by atoms with Gasteiger partial charge in [-0.05, 0) is 74.4 Å². The summed E-state index contributed by atoms with van der Waals surface area (Å²) in [4.78, 5) is 3.00. The second kappa shape index (κ2) is 9.32. The van der Waals surface area contributed by atoms with Crippen LogP contribution in [0.2, 0.25) is 0 Å². The van der Waals surface area contributed by atoms with Gasteiger partial charge in [-0.1, -0.05) is 6.07 Å². The van der Waals surface area contributed by atoms with Crippen molar-refractivity contribution in [2.24, 2.45) is 0 Å². The normalized spacial score (nSPS) is 18.9. The molecule has 0 radical (unpaired) electrons. The van der Waals surface area contributed by atoms with Crippen LogP contribution >= 0.6 is 11.3 Å². The summed E-state index contributed by atoms with van der Waals surface area (Å²) in [6, 6.07) is 14.0. The lowest BCUT2D eigenvalue weighted by molar-refractivity contribution is 0.406. The highest BCUT2D eigenvalue weighted by molar-refractivity contribution is 7.94. The van der Waals surface area contributed by atoms with Gasteiger partial charge in [-0.15, -0.1) is 11.3 Å². The third-order valence-electron chi connectivity index (χ3n) is 5.65. The molecule has 0 bridgehead atoms. The first-order valence-electron chi connectivity index (χ1n) is 10.7. The van der Waals surface area contributed by atoms with Crippen molar-refractivity contribution in [3.05, 3.63) is 59.9 Å². The molecular weight excluding hydrogens is 461 g/mol. The minimum atomic E-state index is -3.84. The lowest BCUT2D eigenvalue weighted by Gasteiger charge is -2.38. The fourth-order valence-corrected chi connectivity index (χ4v) is 6.68. The highest BCUT2D eigenvalue weighted by Crippen LogP contribution is 2.36. The number of hydrogen-bond acceptors (Lipinski definition) is 6. The average Bonchev–Trinajstić information content (AvgIpc) is 3.24. The Kier molecular flexibility index (Phi) is 6.65. The molecule has 2 heterocycles. The Labute approximate surface area is 198 Å². The van der Waals surface area contributed by atoms with Gasteiger partial charge >= 0.3 is 0 Å². The number of anilines is 2. The third kappa shape index (κ3) is 5.15. The molecule has 0 spiro atoms. The van der Waals surface area contributed by atoms with E-state index < -0.39 is 10.0 Å². The van der Waals surface area contributed by atoms with Crippen LogP contribution < -0.4 is 19.7 Å². The smallest absolute Gasteiger partial charge is 0.271 e. The number of nitrogens with one attached hydrogen (secondary N) is 2. The summed E-state index contributed by atoms with van der Waals surface area (Å²) in [5, 5.41) is 3.50. The Morgan fingerprint density at radius 3 is 2.48 bits per heavy atom. The zero-order valence-electron chi connectivity index (χ0n) is 19.1. The van der Waals surface area contributed by atoms with E-state index in [-0.39, 0.29) is 10.0 Å². The highest BCUT2D eigenvalue weighted by atomic mass is 32.2. The summed E-state index contributed by atoms with van der Waals surface area (Å²) >= 11 is 1.15. The summed E-state index contributed by atoms with van der Waals surface area (Å²) in [6.07, 6.45) is 0. The molecule has 2 atom stereocenters. The maximum absolute atomic E-state index is 13.5. The quantitative estimate of drug-likeness (QED) is 0.518. The van der Waals surface area contributed by atoms with Gasteiger partial charge in [0.2, 0.25) is 0 Å². The Morgan fingerprint density at radius 2 is 1.82 bits per heavy atom. The summed E-state index contributed by atoms with van der Waals surface area (Å²) in [5.74, 6) is 0.132. The van der Waals surface area contributed by atoms with Crippen molar-refractivity contribution in [2.45, 2.75) is 37.1 Å². The van der Waals surface area contributed by atoms with E-state index in [1.807, 2.05) is 12.1 Å². The summed E-state index contributed by atoms with van der Waals surface area (Å²) in [6.45, 7) is 7.72. The lowest BCUT2D eigenvalue weighted by Crippen LogP contribution is -2.54. The largest absolute Gasteiger partial charge is 0.495 e. The molecule has 9 heteroatoms. The van der Waals surface area contributed by atoms with Gasteiger partial charge < -0.3 is 15.0 Å². The van der Waals surface area contributed by atoms with Crippen molar-refractivity contribution in [3.63, 3.8) is 0 Å². The van der Waals surface area contributed by atoms with Crippen LogP contribution in [-0.2, 0) is 10.0 Å². The standard InChI is InChI=1S/C24H28FN3O3S2/c1-15-11-18(25)5-7-20(15)23-9-10-24(32-23)33(29,30)27-21-12-19(6-8-22(21)31-4)28-13-16(2)26-17(3)14-28/h5-12,16-17,26-27H,13-14H2,1-4H3. The maximum Gasteiger partial charge on any atom is 0.271 e. The molecule has 1 aliphatic rings. The van der Waals surface area contributed by atoms with Crippen LogP contribution in [0, 0.1) is 12.7 Å². The van der Waals surface area contributed by atoms with E-state index in [0.717, 1.165) is 46.1 Å². The van der Waals surface area contributed by atoms with Gasteiger partial charge in [-0.25, -0.2) is 12.8 Å². The van der Waals surface area contributed by atoms with E-state index in [1.165, 1.54) is 19.2 Å². The highest BCUT2D eigenvalue weighted by Gasteiger charge is 2.24. The van der Waals surface area contributed by atoms with Gasteiger partial charge in [0.1, 0.15) is 15.8 Å². The van der Waals surface area contributed by atoms with Crippen molar-refractivity contribution >= 4 is 32.7 Å². The Balaban J connectivity index is 1.62. The molecule has 1 saturated heterocycles. The van der Waals surface area contributed by atoms with Crippen LogP contribution in [0.1, 0.15) is 19.4 Å². The van der Waals surface area contributed by atoms with Gasteiger partial charge in [0.15, 0.2) is 0 Å². The number of aryl methyl sites for hydroxylation is 1. The number of sulfonamides is 1. The van der Waals surface area contributed by atoms with Crippen LogP contribution in [0.25, 0.3) is 10.4 Å². The molecule has 1 aliphatic heterocycles. The third-order valence-corrected chi connectivity index (χ3v) is 8.63. The zero-order chi connectivity index (χ0) is 23.8. The molecule has 6 nitrogen and oxygen atoms in total. The van der Waals surface area contributed by atoms with Crippen molar-refractivity contribution in [1.82, 2.24) is 5.32 Å². The Morgan fingerprint density at radius 1 is 1.09 bits per heavy atom. The van der Waals surface area contributed by atoms with Crippen LogP contribution in [-0.4, -0.2) is 40.7 Å². The van der Waals surface area contributed by atoms with Crippen molar-refractivity contribution in [2.75, 3.05) is 29.8 Å². The molecule has 4 rings (SSSR count). The number of nitrogens with zero attached hydrogens (tertiary/aromatic N) is 1. The molecular formula is C24H28FN3O3S2. The number of halogens is 1. The summed E-state index contributed by atoms with van der Waals surface area (Å²) < 4.78 is 48.2. The first kappa shape index (κ1) is 23.5. The van der Waals surface area contributed by atoms with Crippen molar-refractivity contribution in [1.29, 1.82) is 0 Å². The van der Waals surface area contributed by atoms with Gasteiger partial charge in [0, 0.05) is 35.7 Å². The number of hydrogen-bond donors (Lipinski definition) is 2. The van der Waals surface area contributed by atoms with Gasteiger partial charge in [0.25, 0.3) is 10.0 Å². The summed E-state index contributed by atoms with van der Waals surface area (Å²) in [7, 11) is -2.32. The number of ether oxygens (including phenoxy) is 1. The molecule has 1 fully saturated rings. The van der Waals surface area contributed by atoms with E-state index >= 15 is 0 Å². The van der Waals surface area contributed by atoms with E-state index in [1.54, 1.807) is 31.2 Å². The number of piperazine rings is 1. The number of methoxy groups -OCH3 is 1. The molecule has 33 heavy (non-hydrogen) atoms. The van der Waals surface area contributed by atoms with Crippen molar-refractivity contribution in [3.8, 4) is 16.2 Å². The first-order chi connectivity index (χ1) is 15.7. The monoisotopic (exact) mass is 489 g/mol.